The highest BCUT2D eigenvalue weighted by molar-refractivity contribution is 7.53. The molecule has 0 saturated carbocycles. The number of hydrogen-bond acceptors (Lipinski definition) is 8. The van der Waals surface area contributed by atoms with Crippen molar-refractivity contribution in [3.63, 3.8) is 0 Å². The molecule has 0 unspecified atom stereocenters. The summed E-state index contributed by atoms with van der Waals surface area (Å²) in [6, 6.07) is 1.33. The first-order valence-electron chi connectivity index (χ1n) is 4.88. The van der Waals surface area contributed by atoms with Crippen LogP contribution < -0.4 is 11.2 Å². The second kappa shape index (κ2) is 6.50. The average Bonchev–Trinajstić information content (AvgIpc) is 2.39. The molecule has 0 aliphatic heterocycles. The number of hydrogen-bond donors (Lipinski definition) is 2. The second-order valence-electron chi connectivity index (χ2n) is 3.07. The summed E-state index contributed by atoms with van der Waals surface area (Å²) < 4.78 is 21.3. The van der Waals surface area contributed by atoms with Gasteiger partial charge in [-0.25, -0.2) is 10.3 Å². The van der Waals surface area contributed by atoms with E-state index in [1.807, 2.05) is 0 Å². The molecule has 1 rings (SSSR count). The van der Waals surface area contributed by atoms with Gasteiger partial charge in [0, 0.05) is 26.5 Å². The largest absolute Gasteiger partial charge is 0.422 e. The SMILES string of the molecule is COP(=O)(CCONc1ccnc(=O)n1O)OC. The fraction of sp³-hybridized carbons (Fsp3) is 0.500. The van der Waals surface area contributed by atoms with Crippen LogP contribution in [0, 0.1) is 0 Å². The molecule has 1 heterocycles. The lowest BCUT2D eigenvalue weighted by molar-refractivity contribution is 0.150. The van der Waals surface area contributed by atoms with Gasteiger partial charge in [-0.3, -0.25) is 9.40 Å². The fourth-order valence-electron chi connectivity index (χ4n) is 1.02. The van der Waals surface area contributed by atoms with Crippen LogP contribution in [0.15, 0.2) is 17.1 Å². The van der Waals surface area contributed by atoms with Gasteiger partial charge in [0.25, 0.3) is 0 Å². The fourth-order valence-corrected chi connectivity index (χ4v) is 1.85. The highest BCUT2D eigenvalue weighted by atomic mass is 31.2. The molecule has 0 aliphatic rings. The summed E-state index contributed by atoms with van der Waals surface area (Å²) in [6.45, 7) is -0.00449. The molecule has 9 nitrogen and oxygen atoms in total. The molecule has 1 aromatic heterocycles. The molecule has 0 saturated heterocycles. The van der Waals surface area contributed by atoms with Crippen LogP contribution >= 0.6 is 7.60 Å². The Bertz CT molecular complexity index is 482. The molecule has 102 valence electrons. The number of nitrogens with one attached hydrogen (secondary N) is 1. The normalized spacial score (nSPS) is 11.4. The highest BCUT2D eigenvalue weighted by Crippen LogP contribution is 2.45. The molecule has 0 bridgehead atoms. The summed E-state index contributed by atoms with van der Waals surface area (Å²) in [6.07, 6.45) is 1.23. The lowest BCUT2D eigenvalue weighted by Gasteiger charge is -2.13. The van der Waals surface area contributed by atoms with Crippen molar-refractivity contribution in [1.82, 2.24) is 9.71 Å². The lowest BCUT2D eigenvalue weighted by Crippen LogP contribution is -2.23. The van der Waals surface area contributed by atoms with Crippen LogP contribution in [-0.2, 0) is 18.5 Å². The smallest absolute Gasteiger partial charge is 0.382 e. The summed E-state index contributed by atoms with van der Waals surface area (Å²) in [5.41, 5.74) is 1.47. The van der Waals surface area contributed by atoms with Gasteiger partial charge in [0.2, 0.25) is 0 Å². The minimum Gasteiger partial charge on any atom is -0.422 e. The minimum absolute atomic E-state index is 0.000309. The van der Waals surface area contributed by atoms with Crippen LogP contribution in [0.25, 0.3) is 0 Å². The maximum Gasteiger partial charge on any atom is 0.382 e. The van der Waals surface area contributed by atoms with Crippen LogP contribution in [0.3, 0.4) is 0 Å². The highest BCUT2D eigenvalue weighted by Gasteiger charge is 2.20. The van der Waals surface area contributed by atoms with Gasteiger partial charge in [-0.2, -0.15) is 4.98 Å². The van der Waals surface area contributed by atoms with Crippen molar-refractivity contribution in [3.05, 3.63) is 22.7 Å². The van der Waals surface area contributed by atoms with Crippen LogP contribution in [0.2, 0.25) is 0 Å². The van der Waals surface area contributed by atoms with E-state index < -0.39 is 13.3 Å². The summed E-state index contributed by atoms with van der Waals surface area (Å²) in [4.78, 5) is 19.2. The monoisotopic (exact) mass is 279 g/mol. The van der Waals surface area contributed by atoms with Gasteiger partial charge in [0.15, 0.2) is 5.82 Å². The van der Waals surface area contributed by atoms with Gasteiger partial charge in [-0.1, -0.05) is 0 Å². The van der Waals surface area contributed by atoms with Gasteiger partial charge < -0.3 is 14.3 Å². The molecule has 18 heavy (non-hydrogen) atoms. The number of anilines is 1. The molecule has 0 radical (unpaired) electrons. The number of rotatable bonds is 7. The summed E-state index contributed by atoms with van der Waals surface area (Å²) >= 11 is 0. The first-order valence-corrected chi connectivity index (χ1v) is 6.61. The van der Waals surface area contributed by atoms with Gasteiger partial charge in [0.1, 0.15) is 0 Å². The van der Waals surface area contributed by atoms with Crippen molar-refractivity contribution in [2.75, 3.05) is 32.5 Å². The molecular formula is C8H14N3O6P. The van der Waals surface area contributed by atoms with Crippen molar-refractivity contribution in [3.8, 4) is 0 Å². The van der Waals surface area contributed by atoms with Gasteiger partial charge in [-0.15, -0.1) is 4.73 Å². The Labute approximate surface area is 103 Å². The zero-order valence-corrected chi connectivity index (χ0v) is 10.8. The maximum atomic E-state index is 11.6. The van der Waals surface area contributed by atoms with Crippen molar-refractivity contribution < 1.29 is 23.7 Å². The first-order chi connectivity index (χ1) is 8.52. The summed E-state index contributed by atoms with van der Waals surface area (Å²) in [5, 5.41) is 9.24. The third kappa shape index (κ3) is 3.81. The van der Waals surface area contributed by atoms with E-state index in [2.05, 4.69) is 10.5 Å². The van der Waals surface area contributed by atoms with E-state index in [0.717, 1.165) is 0 Å². The maximum absolute atomic E-state index is 11.6. The molecule has 0 atom stereocenters. The Hall–Kier alpha value is -1.41. The second-order valence-corrected chi connectivity index (χ2v) is 5.47. The van der Waals surface area contributed by atoms with Crippen LogP contribution in [-0.4, -0.2) is 41.9 Å². The topological polar surface area (TPSA) is 112 Å². The molecule has 1 aromatic rings. The van der Waals surface area contributed by atoms with E-state index in [4.69, 9.17) is 13.9 Å². The van der Waals surface area contributed by atoms with Gasteiger partial charge >= 0.3 is 13.3 Å². The van der Waals surface area contributed by atoms with E-state index in [1.165, 1.54) is 26.5 Å². The summed E-state index contributed by atoms with van der Waals surface area (Å²) in [5.74, 6) is -0.000309. The Balaban J connectivity index is 2.46. The molecule has 0 amide bonds. The zero-order valence-electron chi connectivity index (χ0n) is 9.90. The molecular weight excluding hydrogens is 265 g/mol. The van der Waals surface area contributed by atoms with Crippen LogP contribution in [0.5, 0.6) is 0 Å². The predicted molar refractivity (Wildman–Crippen MR) is 61.7 cm³/mol. The third-order valence-electron chi connectivity index (χ3n) is 2.03. The zero-order chi connectivity index (χ0) is 13.6. The quantitative estimate of drug-likeness (QED) is 0.317. The van der Waals surface area contributed by atoms with Crippen molar-refractivity contribution in [2.45, 2.75) is 0 Å². The van der Waals surface area contributed by atoms with E-state index in [0.29, 0.717) is 0 Å². The van der Waals surface area contributed by atoms with Gasteiger partial charge in [-0.05, 0) is 0 Å². The van der Waals surface area contributed by atoms with Crippen LogP contribution in [0.1, 0.15) is 0 Å². The Kier molecular flexibility index (Phi) is 5.29. The van der Waals surface area contributed by atoms with E-state index in [-0.39, 0.29) is 23.3 Å². The molecule has 0 fully saturated rings. The molecule has 0 aliphatic carbocycles. The molecule has 0 spiro atoms. The van der Waals surface area contributed by atoms with Gasteiger partial charge in [0.05, 0.1) is 12.8 Å². The minimum atomic E-state index is -3.13. The van der Waals surface area contributed by atoms with Crippen molar-refractivity contribution in [2.24, 2.45) is 0 Å². The number of nitrogens with zero attached hydrogens (tertiary/aromatic N) is 2. The van der Waals surface area contributed by atoms with Crippen LogP contribution in [0.4, 0.5) is 5.82 Å². The standard InChI is InChI=1S/C8H14N3O6P/c1-15-18(14,16-2)6-5-17-10-7-3-4-9-8(12)11(7)13/h3-4,10,13H,5-6H2,1-2H3. The van der Waals surface area contributed by atoms with E-state index in [1.54, 1.807) is 0 Å². The summed E-state index contributed by atoms with van der Waals surface area (Å²) in [7, 11) is -0.593. The van der Waals surface area contributed by atoms with E-state index in [9.17, 15) is 14.6 Å². The Morgan fingerprint density at radius 3 is 2.78 bits per heavy atom. The third-order valence-corrected chi connectivity index (χ3v) is 3.87. The first kappa shape index (κ1) is 14.7. The predicted octanol–water partition coefficient (Wildman–Crippen LogP) is 0.310. The van der Waals surface area contributed by atoms with Crippen molar-refractivity contribution >= 4 is 13.4 Å². The Morgan fingerprint density at radius 1 is 1.50 bits per heavy atom. The lowest BCUT2D eigenvalue weighted by atomic mass is 10.6. The van der Waals surface area contributed by atoms with Crippen molar-refractivity contribution in [1.29, 1.82) is 0 Å². The van der Waals surface area contributed by atoms with E-state index >= 15 is 0 Å². The molecule has 2 N–H and O–H groups in total. The molecule has 0 aromatic carbocycles. The molecule has 10 heteroatoms. The number of aromatic nitrogens is 2. The average molecular weight is 279 g/mol. The Morgan fingerprint density at radius 2 is 2.17 bits per heavy atom.